The first-order valence-corrected chi connectivity index (χ1v) is 20.7. The van der Waals surface area contributed by atoms with Gasteiger partial charge >= 0.3 is 17.9 Å². The van der Waals surface area contributed by atoms with E-state index >= 15 is 4.39 Å². The highest BCUT2D eigenvalue weighted by Crippen LogP contribution is 2.37. The van der Waals surface area contributed by atoms with Crippen molar-refractivity contribution in [3.8, 4) is 11.1 Å². The quantitative estimate of drug-likeness (QED) is 0.0713. The number of amides is 5. The molecule has 2 heterocycles. The van der Waals surface area contributed by atoms with Crippen molar-refractivity contribution >= 4 is 47.4 Å². The lowest BCUT2D eigenvalue weighted by atomic mass is 9.84. The Morgan fingerprint density at radius 3 is 2.06 bits per heavy atom. The lowest BCUT2D eigenvalue weighted by Crippen LogP contribution is -2.60. The number of aliphatic hydroxyl groups is 2. The van der Waals surface area contributed by atoms with E-state index in [1.165, 1.54) is 6.92 Å². The molecule has 1 saturated heterocycles. The number of hydrogen-bond donors (Lipinski definition) is 7. The van der Waals surface area contributed by atoms with Crippen LogP contribution in [0.25, 0.3) is 11.1 Å². The molecule has 2 aromatic carbocycles. The van der Waals surface area contributed by atoms with Crippen LogP contribution in [0.15, 0.2) is 60.8 Å². The van der Waals surface area contributed by atoms with Crippen LogP contribution in [0.1, 0.15) is 89.9 Å². The first-order chi connectivity index (χ1) is 30.6. The zero-order chi connectivity index (χ0) is 48.6. The number of benzene rings is 2. The zero-order valence-corrected chi connectivity index (χ0v) is 36.5. The number of aliphatic carboxylic acids is 2. The van der Waals surface area contributed by atoms with Crippen LogP contribution >= 0.6 is 0 Å². The van der Waals surface area contributed by atoms with Crippen molar-refractivity contribution in [3.63, 3.8) is 0 Å². The van der Waals surface area contributed by atoms with E-state index in [4.69, 9.17) is 20.8 Å². The number of hydroxylamine groups is 2. The summed E-state index contributed by atoms with van der Waals surface area (Å²) < 4.78 is 31.2. The van der Waals surface area contributed by atoms with Gasteiger partial charge in [0, 0.05) is 55.2 Å². The Morgan fingerprint density at radius 1 is 0.892 bits per heavy atom. The summed E-state index contributed by atoms with van der Waals surface area (Å²) >= 11 is 0. The molecule has 1 fully saturated rings. The van der Waals surface area contributed by atoms with Gasteiger partial charge in [-0.1, -0.05) is 51.1 Å². The second-order valence-electron chi connectivity index (χ2n) is 16.2. The van der Waals surface area contributed by atoms with E-state index in [0.717, 1.165) is 23.8 Å². The first kappa shape index (κ1) is 52.8. The molecule has 1 aromatic heterocycles. The maximum atomic E-state index is 15.1. The lowest BCUT2D eigenvalue weighted by molar-refractivity contribution is -0.197. The summed E-state index contributed by atoms with van der Waals surface area (Å²) in [5, 5.41) is 41.9. The van der Waals surface area contributed by atoms with Gasteiger partial charge in [-0.05, 0) is 61.6 Å². The van der Waals surface area contributed by atoms with E-state index < -0.39 is 102 Å². The molecule has 19 nitrogen and oxygen atoms in total. The second kappa shape index (κ2) is 24.5. The minimum atomic E-state index is -2.05. The van der Waals surface area contributed by atoms with Crippen LogP contribution in [0.5, 0.6) is 0 Å². The number of carboxylic acid groups (broad SMARTS) is 2. The average Bonchev–Trinajstić information content (AvgIpc) is 3.79. The van der Waals surface area contributed by atoms with Crippen molar-refractivity contribution in [2.75, 3.05) is 19.8 Å². The third-order valence-electron chi connectivity index (χ3n) is 10.0. The van der Waals surface area contributed by atoms with Gasteiger partial charge in [-0.15, -0.1) is 5.06 Å². The van der Waals surface area contributed by atoms with Crippen LogP contribution in [-0.4, -0.2) is 120 Å². The second-order valence-corrected chi connectivity index (χ2v) is 16.2. The van der Waals surface area contributed by atoms with Crippen molar-refractivity contribution in [1.29, 1.82) is 0 Å². The number of carboxylic acids is 2. The predicted octanol–water partition coefficient (Wildman–Crippen LogP) is 2.41. The molecule has 354 valence electrons. The summed E-state index contributed by atoms with van der Waals surface area (Å²) in [5.74, 6) is -10.1. The fourth-order valence-corrected chi connectivity index (χ4v) is 6.97. The molecule has 0 unspecified atom stereocenters. The number of carbonyl (C=O) groups excluding carboxylic acids is 6. The van der Waals surface area contributed by atoms with Crippen molar-refractivity contribution in [2.24, 2.45) is 11.1 Å². The molecule has 3 aromatic rings. The molecular weight excluding hydrogens is 859 g/mol. The van der Waals surface area contributed by atoms with E-state index in [2.05, 4.69) is 10.6 Å². The topological polar surface area (TPSA) is 288 Å². The monoisotopic (exact) mass is 914 g/mol. The minimum Gasteiger partial charge on any atom is -0.480 e. The van der Waals surface area contributed by atoms with Crippen molar-refractivity contribution < 1.29 is 72.4 Å². The van der Waals surface area contributed by atoms with Gasteiger partial charge < -0.3 is 51.1 Å². The number of rotatable bonds is 22. The molecule has 4 rings (SSSR count). The van der Waals surface area contributed by atoms with Gasteiger partial charge in [0.15, 0.2) is 0 Å². The van der Waals surface area contributed by atoms with Crippen LogP contribution in [-0.2, 0) is 49.7 Å². The molecular formula is C44H56F2N6O13. The molecule has 0 aliphatic carbocycles. The van der Waals surface area contributed by atoms with Gasteiger partial charge in [0.25, 0.3) is 11.8 Å². The number of carbonyl (C=O) groups is 8. The van der Waals surface area contributed by atoms with Gasteiger partial charge in [-0.25, -0.2) is 23.2 Å². The number of nitrogens with two attached hydrogens (primary N) is 1. The highest BCUT2D eigenvalue weighted by molar-refractivity contribution is 6.01. The third kappa shape index (κ3) is 15.6. The molecule has 0 bridgehead atoms. The maximum absolute atomic E-state index is 15.1. The Kier molecular flexibility index (Phi) is 19.9. The summed E-state index contributed by atoms with van der Waals surface area (Å²) in [6.45, 7) is 6.79. The Morgan fingerprint density at radius 2 is 1.51 bits per heavy atom. The fraction of sp³-hybridized carbons (Fsp3) is 0.455. The van der Waals surface area contributed by atoms with Gasteiger partial charge in [0.2, 0.25) is 17.7 Å². The van der Waals surface area contributed by atoms with Gasteiger partial charge in [0.1, 0.15) is 29.8 Å². The minimum absolute atomic E-state index is 0.0200. The smallest absolute Gasteiger partial charge is 0.333 e. The average molecular weight is 915 g/mol. The Bertz CT molecular complexity index is 2160. The van der Waals surface area contributed by atoms with Crippen LogP contribution < -0.4 is 16.4 Å². The van der Waals surface area contributed by atoms with E-state index in [0.29, 0.717) is 27.8 Å². The lowest BCUT2D eigenvalue weighted by Gasteiger charge is -2.37. The summed E-state index contributed by atoms with van der Waals surface area (Å²) in [6.07, 6.45) is -0.793. The van der Waals surface area contributed by atoms with Crippen molar-refractivity contribution in [1.82, 2.24) is 25.2 Å². The Labute approximate surface area is 373 Å². The van der Waals surface area contributed by atoms with Crippen LogP contribution in [0.2, 0.25) is 0 Å². The molecule has 0 spiro atoms. The molecule has 0 radical (unpaired) electrons. The predicted molar refractivity (Wildman–Crippen MR) is 226 cm³/mol. The van der Waals surface area contributed by atoms with Gasteiger partial charge in [0.05, 0.1) is 25.7 Å². The summed E-state index contributed by atoms with van der Waals surface area (Å²) in [7, 11) is 0. The molecule has 0 saturated carbocycles. The Hall–Kier alpha value is -6.58. The molecule has 5 amide bonds. The number of hydrogen-bond acceptors (Lipinski definition) is 12. The van der Waals surface area contributed by atoms with Crippen LogP contribution in [0.4, 0.5) is 8.78 Å². The number of primary amides is 1. The number of nitrogens with zero attached hydrogens (tertiary/aromatic N) is 3. The summed E-state index contributed by atoms with van der Waals surface area (Å²) in [5.41, 5.74) is 6.63. The summed E-state index contributed by atoms with van der Waals surface area (Å²) in [6, 6.07) is 8.08. The van der Waals surface area contributed by atoms with E-state index in [9.17, 15) is 53.0 Å². The molecule has 1 aliphatic rings. The molecule has 8 N–H and O–H groups in total. The van der Waals surface area contributed by atoms with Crippen LogP contribution in [0.3, 0.4) is 0 Å². The molecule has 4 atom stereocenters. The maximum Gasteiger partial charge on any atom is 0.333 e. The van der Waals surface area contributed by atoms with E-state index in [1.54, 1.807) is 12.3 Å². The van der Waals surface area contributed by atoms with E-state index in [1.807, 2.05) is 55.7 Å². The van der Waals surface area contributed by atoms with Crippen molar-refractivity contribution in [2.45, 2.75) is 103 Å². The number of nitrogens with one attached hydrogen (secondary N) is 2. The molecule has 65 heavy (non-hydrogen) atoms. The highest BCUT2D eigenvalue weighted by atomic mass is 19.1. The zero-order valence-electron chi connectivity index (χ0n) is 36.5. The van der Waals surface area contributed by atoms with Crippen LogP contribution in [0, 0.1) is 17.0 Å². The number of imide groups is 1. The largest absolute Gasteiger partial charge is 0.480 e. The number of aliphatic hydroxyl groups excluding tert-OH is 2. The van der Waals surface area contributed by atoms with Crippen molar-refractivity contribution in [3.05, 3.63) is 83.7 Å². The molecule has 1 aliphatic heterocycles. The normalized spacial score (nSPS) is 14.4. The fourth-order valence-electron chi connectivity index (χ4n) is 6.97. The third-order valence-corrected chi connectivity index (χ3v) is 10.0. The Balaban J connectivity index is 0.00000269. The van der Waals surface area contributed by atoms with E-state index in [-0.39, 0.29) is 57.4 Å². The van der Waals surface area contributed by atoms with Gasteiger partial charge in [-0.2, -0.15) is 0 Å². The number of aromatic nitrogens is 1. The molecule has 21 heteroatoms. The summed E-state index contributed by atoms with van der Waals surface area (Å²) in [4.78, 5) is 105. The number of halogens is 2. The standard InChI is InChI=1S/C42H50F2N6O11.C2H6O2/c1-24(47-34(52)11-8-12-37(55)61-50-35(53)15-16-36(50)54)39(56)49(32(41(59)60)21-33(45)51)30(40(57)58)17-18-46-38(42(2,3)4)31-19-26(28-20-27(43)13-14-29(28)44)23-48(31)22-25-9-6-5-7-10-25;3-1-2-4/h5-7,9-10,13-14,19-20,23-24,30,32,38,46H,8,11-12,15-18,21-22H2,1-4H3,(H2,45,51)(H,47,52)(H,57,58)(H,59,60);3-4H,1-2H2/t24-,30-,32-,38-;/m0./s1. The SMILES string of the molecule is C[C@H](NC(=O)CCCC(=O)ON1C(=O)CCC1=O)C(=O)N([C@@H](CCN[C@@H](c1cc(-c2cc(F)ccc2F)cn1Cc1ccccc1)C(C)(C)C)C(=O)O)[C@@H](CC(N)=O)C(=O)O.OCCO. The highest BCUT2D eigenvalue weighted by Gasteiger charge is 2.42. The first-order valence-electron chi connectivity index (χ1n) is 20.7. The van der Waals surface area contributed by atoms with Gasteiger partial charge in [-0.3, -0.25) is 24.0 Å².